The van der Waals surface area contributed by atoms with Crippen LogP contribution in [0.2, 0.25) is 0 Å². The van der Waals surface area contributed by atoms with E-state index in [1.807, 2.05) is 43.0 Å². The molecule has 0 aliphatic carbocycles. The minimum absolute atomic E-state index is 0.0408. The Bertz CT molecular complexity index is 1240. The highest BCUT2D eigenvalue weighted by atomic mass is 16.5. The number of nitrogens with zero attached hydrogens (tertiary/aromatic N) is 4. The molecule has 0 saturated carbocycles. The summed E-state index contributed by atoms with van der Waals surface area (Å²) in [7, 11) is 1.79. The molecule has 3 fully saturated rings. The Kier molecular flexibility index (Phi) is 8.40. The minimum Gasteiger partial charge on any atom is -0.379 e. The third-order valence-corrected chi connectivity index (χ3v) is 8.95. The number of hydrogen-bond donors (Lipinski definition) is 1. The molecule has 1 N–H and O–H groups in total. The lowest BCUT2D eigenvalue weighted by Gasteiger charge is -2.42. The standard InChI is InChI=1S/C30H43N5O4/c1-20(2)35-28-8-6-5-7-22(28)15-27(30(35)38)29(37)31-23-16-24-9-10-25(17-23)34(24)19-26(39-4)18-32-11-13-33(14-12-32)21(3)36/h5-8,15,20,23-26H,9-14,16-19H2,1-4H3,(H,31,37). The monoisotopic (exact) mass is 537 g/mol. The van der Waals surface area contributed by atoms with Gasteiger partial charge in [0.2, 0.25) is 5.91 Å². The van der Waals surface area contributed by atoms with Crippen LogP contribution in [0.4, 0.5) is 0 Å². The van der Waals surface area contributed by atoms with Crippen molar-refractivity contribution in [2.75, 3.05) is 46.4 Å². The molecule has 1 aromatic heterocycles. The zero-order valence-corrected chi connectivity index (χ0v) is 23.8. The molecule has 4 heterocycles. The van der Waals surface area contributed by atoms with Crippen molar-refractivity contribution in [3.63, 3.8) is 0 Å². The van der Waals surface area contributed by atoms with E-state index in [0.29, 0.717) is 12.1 Å². The molecule has 3 aliphatic rings. The van der Waals surface area contributed by atoms with Gasteiger partial charge in [-0.15, -0.1) is 0 Å². The van der Waals surface area contributed by atoms with E-state index in [2.05, 4.69) is 15.1 Å². The molecule has 9 heteroatoms. The van der Waals surface area contributed by atoms with E-state index in [1.54, 1.807) is 24.7 Å². The number of piperazine rings is 1. The van der Waals surface area contributed by atoms with E-state index < -0.39 is 0 Å². The molecule has 5 rings (SSSR count). The van der Waals surface area contributed by atoms with Gasteiger partial charge in [0.15, 0.2) is 0 Å². The molecule has 2 aromatic rings. The van der Waals surface area contributed by atoms with Crippen LogP contribution in [0.3, 0.4) is 0 Å². The highest BCUT2D eigenvalue weighted by molar-refractivity contribution is 5.97. The van der Waals surface area contributed by atoms with Gasteiger partial charge < -0.3 is 19.5 Å². The maximum atomic E-state index is 13.4. The van der Waals surface area contributed by atoms with Crippen molar-refractivity contribution in [1.82, 2.24) is 24.6 Å². The first-order chi connectivity index (χ1) is 18.7. The van der Waals surface area contributed by atoms with Crippen LogP contribution in [-0.4, -0.2) is 102 Å². The topological polar surface area (TPSA) is 87.1 Å². The van der Waals surface area contributed by atoms with Gasteiger partial charge in [-0.2, -0.15) is 0 Å². The fourth-order valence-electron chi connectivity index (χ4n) is 6.89. The number of para-hydroxylation sites is 1. The van der Waals surface area contributed by atoms with Gasteiger partial charge in [-0.1, -0.05) is 18.2 Å². The molecule has 3 saturated heterocycles. The summed E-state index contributed by atoms with van der Waals surface area (Å²) in [5.41, 5.74) is 0.851. The molecular formula is C30H43N5O4. The van der Waals surface area contributed by atoms with Crippen molar-refractivity contribution >= 4 is 22.7 Å². The lowest BCUT2D eigenvalue weighted by Crippen LogP contribution is -2.55. The molecule has 3 atom stereocenters. The number of methoxy groups -OCH3 is 1. The molecule has 3 unspecified atom stereocenters. The molecule has 212 valence electrons. The van der Waals surface area contributed by atoms with Gasteiger partial charge >= 0.3 is 0 Å². The lowest BCUT2D eigenvalue weighted by atomic mass is 9.96. The Labute approximate surface area is 231 Å². The quantitative estimate of drug-likeness (QED) is 0.557. The summed E-state index contributed by atoms with van der Waals surface area (Å²) in [5.74, 6) is -0.117. The maximum Gasteiger partial charge on any atom is 0.264 e. The van der Waals surface area contributed by atoms with E-state index in [0.717, 1.165) is 75.9 Å². The number of piperidine rings is 1. The van der Waals surface area contributed by atoms with Gasteiger partial charge in [-0.3, -0.25) is 24.2 Å². The zero-order valence-electron chi connectivity index (χ0n) is 23.8. The van der Waals surface area contributed by atoms with Crippen molar-refractivity contribution in [3.05, 3.63) is 46.2 Å². The van der Waals surface area contributed by atoms with E-state index in [9.17, 15) is 14.4 Å². The van der Waals surface area contributed by atoms with Crippen LogP contribution >= 0.6 is 0 Å². The normalized spacial score (nSPS) is 24.8. The fourth-order valence-corrected chi connectivity index (χ4v) is 6.89. The summed E-state index contributed by atoms with van der Waals surface area (Å²) in [6.07, 6.45) is 4.14. The first-order valence-corrected chi connectivity index (χ1v) is 14.5. The van der Waals surface area contributed by atoms with Gasteiger partial charge in [-0.25, -0.2) is 0 Å². The number of carbonyl (C=O) groups excluding carboxylic acids is 2. The average molecular weight is 538 g/mol. The Morgan fingerprint density at radius 1 is 1.03 bits per heavy atom. The highest BCUT2D eigenvalue weighted by Crippen LogP contribution is 2.36. The number of carbonyl (C=O) groups is 2. The molecule has 2 amide bonds. The number of ether oxygens (including phenoxy) is 1. The molecule has 3 aliphatic heterocycles. The van der Waals surface area contributed by atoms with Crippen molar-refractivity contribution in [1.29, 1.82) is 0 Å². The van der Waals surface area contributed by atoms with Crippen LogP contribution in [0.5, 0.6) is 0 Å². The van der Waals surface area contributed by atoms with Crippen LogP contribution in [0.25, 0.3) is 10.9 Å². The van der Waals surface area contributed by atoms with Crippen LogP contribution in [0.15, 0.2) is 35.1 Å². The Balaban J connectivity index is 1.21. The predicted molar refractivity (Wildman–Crippen MR) is 152 cm³/mol. The van der Waals surface area contributed by atoms with Crippen molar-refractivity contribution in [3.8, 4) is 0 Å². The second kappa shape index (κ2) is 11.8. The number of nitrogens with one attached hydrogen (secondary N) is 1. The average Bonchev–Trinajstić information content (AvgIpc) is 3.14. The molecule has 0 spiro atoms. The first-order valence-electron chi connectivity index (χ1n) is 14.5. The van der Waals surface area contributed by atoms with E-state index >= 15 is 0 Å². The molecule has 2 bridgehead atoms. The van der Waals surface area contributed by atoms with Crippen molar-refractivity contribution in [2.45, 2.75) is 76.7 Å². The summed E-state index contributed by atoms with van der Waals surface area (Å²) < 4.78 is 7.64. The number of amides is 2. The van der Waals surface area contributed by atoms with Crippen LogP contribution in [0, 0.1) is 0 Å². The largest absolute Gasteiger partial charge is 0.379 e. The Morgan fingerprint density at radius 3 is 2.31 bits per heavy atom. The van der Waals surface area contributed by atoms with Gasteiger partial charge in [0.1, 0.15) is 5.56 Å². The second-order valence-corrected chi connectivity index (χ2v) is 11.8. The van der Waals surface area contributed by atoms with E-state index in [-0.39, 0.29) is 41.1 Å². The lowest BCUT2D eigenvalue weighted by molar-refractivity contribution is -0.130. The first kappa shape index (κ1) is 27.8. The Hall–Kier alpha value is -2.75. The summed E-state index contributed by atoms with van der Waals surface area (Å²) in [6.45, 7) is 10.7. The second-order valence-electron chi connectivity index (χ2n) is 11.8. The molecule has 1 aromatic carbocycles. The van der Waals surface area contributed by atoms with Gasteiger partial charge in [0.05, 0.1) is 11.6 Å². The van der Waals surface area contributed by atoms with Gasteiger partial charge in [0, 0.05) is 77.5 Å². The molecule has 9 nitrogen and oxygen atoms in total. The van der Waals surface area contributed by atoms with E-state index in [4.69, 9.17) is 4.74 Å². The number of aromatic nitrogens is 1. The molecular weight excluding hydrogens is 494 g/mol. The van der Waals surface area contributed by atoms with Crippen LogP contribution in [-0.2, 0) is 9.53 Å². The van der Waals surface area contributed by atoms with Gasteiger partial charge in [0.25, 0.3) is 11.5 Å². The third-order valence-electron chi connectivity index (χ3n) is 8.95. The number of fused-ring (bicyclic) bond motifs is 3. The highest BCUT2D eigenvalue weighted by Gasteiger charge is 2.42. The Morgan fingerprint density at radius 2 is 1.69 bits per heavy atom. The summed E-state index contributed by atoms with van der Waals surface area (Å²) in [5, 5.41) is 4.13. The van der Waals surface area contributed by atoms with Crippen molar-refractivity contribution < 1.29 is 14.3 Å². The fraction of sp³-hybridized carbons (Fsp3) is 0.633. The summed E-state index contributed by atoms with van der Waals surface area (Å²) >= 11 is 0. The summed E-state index contributed by atoms with van der Waals surface area (Å²) in [6, 6.07) is 10.3. The van der Waals surface area contributed by atoms with E-state index in [1.165, 1.54) is 0 Å². The number of benzene rings is 1. The van der Waals surface area contributed by atoms with Crippen LogP contribution < -0.4 is 10.9 Å². The number of pyridine rings is 1. The third kappa shape index (κ3) is 5.90. The SMILES string of the molecule is COC(CN1CCN(C(C)=O)CC1)CN1C2CCC1CC(NC(=O)c1cc3ccccc3n(C(C)C)c1=O)C2. The number of rotatable bonds is 8. The number of hydrogen-bond acceptors (Lipinski definition) is 6. The molecule has 0 radical (unpaired) electrons. The smallest absolute Gasteiger partial charge is 0.264 e. The summed E-state index contributed by atoms with van der Waals surface area (Å²) in [4.78, 5) is 45.3. The maximum absolute atomic E-state index is 13.4. The predicted octanol–water partition coefficient (Wildman–Crippen LogP) is 2.49. The minimum atomic E-state index is -0.266. The van der Waals surface area contributed by atoms with Crippen LogP contribution in [0.1, 0.15) is 62.9 Å². The van der Waals surface area contributed by atoms with Gasteiger partial charge in [-0.05, 0) is 57.0 Å². The zero-order chi connectivity index (χ0) is 27.7. The molecule has 39 heavy (non-hydrogen) atoms. The van der Waals surface area contributed by atoms with Crippen molar-refractivity contribution in [2.24, 2.45) is 0 Å².